The van der Waals surface area contributed by atoms with Crippen molar-refractivity contribution < 1.29 is 9.66 Å². The van der Waals surface area contributed by atoms with E-state index in [1.165, 1.54) is 0 Å². The molecule has 2 unspecified atom stereocenters. The second-order valence-corrected chi connectivity index (χ2v) is 6.98. The van der Waals surface area contributed by atoms with Crippen LogP contribution in [0.2, 0.25) is 0 Å². The number of piperidine rings is 1. The summed E-state index contributed by atoms with van der Waals surface area (Å²) < 4.78 is 5.77. The summed E-state index contributed by atoms with van der Waals surface area (Å²) in [6, 6.07) is 3.49. The van der Waals surface area contributed by atoms with Gasteiger partial charge in [0, 0.05) is 18.5 Å². The summed E-state index contributed by atoms with van der Waals surface area (Å²) in [6.45, 7) is 3.75. The lowest BCUT2D eigenvalue weighted by Gasteiger charge is -2.34. The maximum atomic E-state index is 11.3. The average Bonchev–Trinajstić information content (AvgIpc) is 3.25. The number of benzene rings is 1. The predicted molar refractivity (Wildman–Crippen MR) is 86.0 cm³/mol. The molecule has 3 rings (SSSR count). The quantitative estimate of drug-likeness (QED) is 0.483. The Morgan fingerprint density at radius 3 is 2.68 bits per heavy atom. The number of ether oxygens (including phenoxy) is 1. The van der Waals surface area contributed by atoms with Crippen LogP contribution in [-0.2, 0) is 0 Å². The first-order chi connectivity index (χ1) is 10.5. The standard InChI is InChI=1S/C16H21ClN2O3/c1-10-7-15(19(20)21)16(22-11-3-4-11)8-13(10)12-5-6-18(2)9-14(12)17/h7-8,11-12,14H,3-6,9H2,1-2H3. The second-order valence-electron chi connectivity index (χ2n) is 6.42. The van der Waals surface area contributed by atoms with E-state index in [9.17, 15) is 10.1 Å². The fourth-order valence-electron chi connectivity index (χ4n) is 3.10. The van der Waals surface area contributed by atoms with Crippen LogP contribution in [0.25, 0.3) is 0 Å². The molecule has 1 saturated heterocycles. The Morgan fingerprint density at radius 1 is 1.36 bits per heavy atom. The molecule has 0 N–H and O–H groups in total. The number of likely N-dealkylation sites (tertiary alicyclic amines) is 1. The number of hydrogen-bond acceptors (Lipinski definition) is 4. The molecule has 1 aromatic carbocycles. The third-order valence-electron chi connectivity index (χ3n) is 4.51. The molecule has 1 saturated carbocycles. The average molecular weight is 325 g/mol. The molecule has 1 aliphatic carbocycles. The fraction of sp³-hybridized carbons (Fsp3) is 0.625. The maximum Gasteiger partial charge on any atom is 0.311 e. The highest BCUT2D eigenvalue weighted by Crippen LogP contribution is 2.40. The van der Waals surface area contributed by atoms with Gasteiger partial charge in [0.15, 0.2) is 5.75 Å². The molecule has 5 nitrogen and oxygen atoms in total. The molecule has 0 aromatic heterocycles. The zero-order valence-electron chi connectivity index (χ0n) is 12.9. The number of halogens is 1. The molecule has 0 radical (unpaired) electrons. The van der Waals surface area contributed by atoms with Crippen LogP contribution < -0.4 is 4.74 Å². The van der Waals surface area contributed by atoms with Gasteiger partial charge in [0.2, 0.25) is 0 Å². The molecule has 1 heterocycles. The number of alkyl halides is 1. The largest absolute Gasteiger partial charge is 0.483 e. The Morgan fingerprint density at radius 2 is 2.09 bits per heavy atom. The van der Waals surface area contributed by atoms with E-state index in [-0.39, 0.29) is 28.0 Å². The molecule has 0 bridgehead atoms. The predicted octanol–water partition coefficient (Wildman–Crippen LogP) is 3.47. The summed E-state index contributed by atoms with van der Waals surface area (Å²) in [5.74, 6) is 0.621. The van der Waals surface area contributed by atoms with Crippen molar-refractivity contribution >= 4 is 17.3 Å². The van der Waals surface area contributed by atoms with Crippen molar-refractivity contribution in [2.75, 3.05) is 20.1 Å². The molecule has 0 spiro atoms. The van der Waals surface area contributed by atoms with Gasteiger partial charge in [-0.15, -0.1) is 11.6 Å². The Hall–Kier alpha value is -1.33. The van der Waals surface area contributed by atoms with E-state index >= 15 is 0 Å². The summed E-state index contributed by atoms with van der Waals surface area (Å²) in [5.41, 5.74) is 2.08. The normalized spacial score (nSPS) is 26.0. The third-order valence-corrected chi connectivity index (χ3v) is 4.95. The zero-order chi connectivity index (χ0) is 15.9. The monoisotopic (exact) mass is 324 g/mol. The minimum absolute atomic E-state index is 0.0210. The van der Waals surface area contributed by atoms with Crippen molar-refractivity contribution in [3.8, 4) is 5.75 Å². The molecule has 1 aromatic rings. The van der Waals surface area contributed by atoms with E-state index in [0.29, 0.717) is 5.75 Å². The van der Waals surface area contributed by atoms with Crippen LogP contribution in [0.3, 0.4) is 0 Å². The highest BCUT2D eigenvalue weighted by molar-refractivity contribution is 6.21. The molecule has 120 valence electrons. The molecule has 1 aliphatic heterocycles. The topological polar surface area (TPSA) is 55.6 Å². The molecular formula is C16H21ClN2O3. The van der Waals surface area contributed by atoms with Gasteiger partial charge >= 0.3 is 5.69 Å². The van der Waals surface area contributed by atoms with Crippen molar-refractivity contribution in [2.45, 2.75) is 43.6 Å². The van der Waals surface area contributed by atoms with E-state index < -0.39 is 0 Å². The highest BCUT2D eigenvalue weighted by atomic mass is 35.5. The van der Waals surface area contributed by atoms with Crippen molar-refractivity contribution in [1.82, 2.24) is 4.90 Å². The van der Waals surface area contributed by atoms with Crippen LogP contribution >= 0.6 is 11.6 Å². The molecule has 2 atom stereocenters. The van der Waals surface area contributed by atoms with Crippen LogP contribution in [0, 0.1) is 17.0 Å². The number of nitrogens with zero attached hydrogens (tertiary/aromatic N) is 2. The van der Waals surface area contributed by atoms with Gasteiger partial charge < -0.3 is 9.64 Å². The third kappa shape index (κ3) is 3.20. The van der Waals surface area contributed by atoms with E-state index in [0.717, 1.165) is 43.5 Å². The van der Waals surface area contributed by atoms with Crippen LogP contribution in [0.5, 0.6) is 5.75 Å². The van der Waals surface area contributed by atoms with Crippen molar-refractivity contribution in [2.24, 2.45) is 0 Å². The van der Waals surface area contributed by atoms with Gasteiger partial charge in [0.25, 0.3) is 0 Å². The number of rotatable bonds is 4. The fourth-order valence-corrected chi connectivity index (χ4v) is 3.59. The summed E-state index contributed by atoms with van der Waals surface area (Å²) >= 11 is 6.54. The van der Waals surface area contributed by atoms with Crippen LogP contribution in [-0.4, -0.2) is 41.4 Å². The van der Waals surface area contributed by atoms with Crippen LogP contribution in [0.1, 0.15) is 36.3 Å². The minimum Gasteiger partial charge on any atom is -0.483 e. The lowest BCUT2D eigenvalue weighted by atomic mass is 9.86. The Labute approximate surface area is 135 Å². The smallest absolute Gasteiger partial charge is 0.311 e. The molecule has 0 amide bonds. The van der Waals surface area contributed by atoms with Gasteiger partial charge in [-0.3, -0.25) is 10.1 Å². The van der Waals surface area contributed by atoms with Gasteiger partial charge in [-0.2, -0.15) is 0 Å². The van der Waals surface area contributed by atoms with E-state index in [4.69, 9.17) is 16.3 Å². The zero-order valence-corrected chi connectivity index (χ0v) is 13.7. The lowest BCUT2D eigenvalue weighted by molar-refractivity contribution is -0.386. The van der Waals surface area contributed by atoms with Gasteiger partial charge in [0.05, 0.1) is 16.4 Å². The first-order valence-corrected chi connectivity index (χ1v) is 8.17. The van der Waals surface area contributed by atoms with Crippen molar-refractivity contribution in [3.63, 3.8) is 0 Å². The van der Waals surface area contributed by atoms with Gasteiger partial charge in [-0.05, 0) is 57.0 Å². The number of nitro groups is 1. The molecule has 6 heteroatoms. The number of nitro benzene ring substituents is 1. The summed E-state index contributed by atoms with van der Waals surface area (Å²) in [4.78, 5) is 13.1. The summed E-state index contributed by atoms with van der Waals surface area (Å²) in [7, 11) is 2.07. The molecule has 2 fully saturated rings. The summed E-state index contributed by atoms with van der Waals surface area (Å²) in [5, 5.41) is 11.3. The Kier molecular flexibility index (Phi) is 4.28. The van der Waals surface area contributed by atoms with Gasteiger partial charge in [-0.1, -0.05) is 0 Å². The number of hydrogen-bond donors (Lipinski definition) is 0. The first-order valence-electron chi connectivity index (χ1n) is 7.74. The van der Waals surface area contributed by atoms with E-state index in [2.05, 4.69) is 11.9 Å². The molecular weight excluding hydrogens is 304 g/mol. The van der Waals surface area contributed by atoms with Crippen molar-refractivity contribution in [3.05, 3.63) is 33.4 Å². The second kappa shape index (κ2) is 6.05. The van der Waals surface area contributed by atoms with E-state index in [1.54, 1.807) is 6.07 Å². The number of aryl methyl sites for hydroxylation is 1. The Balaban J connectivity index is 1.94. The SMILES string of the molecule is Cc1cc([N+](=O)[O-])c(OC2CC2)cc1C1CCN(C)CC1Cl. The minimum atomic E-state index is -0.360. The van der Waals surface area contributed by atoms with Gasteiger partial charge in [0.1, 0.15) is 0 Å². The van der Waals surface area contributed by atoms with Crippen LogP contribution in [0.4, 0.5) is 5.69 Å². The van der Waals surface area contributed by atoms with Crippen molar-refractivity contribution in [1.29, 1.82) is 0 Å². The highest BCUT2D eigenvalue weighted by Gasteiger charge is 2.32. The lowest BCUT2D eigenvalue weighted by Crippen LogP contribution is -2.37. The van der Waals surface area contributed by atoms with Crippen LogP contribution in [0.15, 0.2) is 12.1 Å². The van der Waals surface area contributed by atoms with E-state index in [1.807, 2.05) is 13.0 Å². The van der Waals surface area contributed by atoms with Gasteiger partial charge in [-0.25, -0.2) is 0 Å². The summed E-state index contributed by atoms with van der Waals surface area (Å²) in [6.07, 6.45) is 3.06. The molecule has 22 heavy (non-hydrogen) atoms. The Bertz CT molecular complexity index is 589. The molecule has 2 aliphatic rings. The maximum absolute atomic E-state index is 11.3. The first kappa shape index (κ1) is 15.6.